The molecule has 1 saturated heterocycles. The zero-order valence-electron chi connectivity index (χ0n) is 11.1. The molecule has 2 N–H and O–H groups in total. The Balaban J connectivity index is 2.10. The van der Waals surface area contributed by atoms with Crippen molar-refractivity contribution in [3.8, 4) is 5.75 Å². The van der Waals surface area contributed by atoms with Gasteiger partial charge < -0.3 is 19.9 Å². The third kappa shape index (κ3) is 2.64. The second-order valence-electron chi connectivity index (χ2n) is 4.81. The van der Waals surface area contributed by atoms with E-state index in [2.05, 4.69) is 34.2 Å². The van der Waals surface area contributed by atoms with Gasteiger partial charge in [-0.15, -0.1) is 0 Å². The lowest BCUT2D eigenvalue weighted by Gasteiger charge is -2.35. The summed E-state index contributed by atoms with van der Waals surface area (Å²) in [5.74, 6) is 0.784. The number of nitrogens with zero attached hydrogens (tertiary/aromatic N) is 2. The highest BCUT2D eigenvalue weighted by Gasteiger charge is 2.24. The van der Waals surface area contributed by atoms with Crippen molar-refractivity contribution in [1.82, 2.24) is 14.9 Å². The van der Waals surface area contributed by atoms with Gasteiger partial charge in [0.05, 0.1) is 13.4 Å². The molecule has 2 rings (SSSR count). The first-order valence-corrected chi connectivity index (χ1v) is 6.20. The molecular weight excluding hydrogens is 232 g/mol. The predicted molar refractivity (Wildman–Crippen MR) is 70.1 cm³/mol. The summed E-state index contributed by atoms with van der Waals surface area (Å²) in [5, 5.41) is 3.31. The minimum atomic E-state index is -0.254. The molecule has 18 heavy (non-hydrogen) atoms. The molecule has 1 aliphatic rings. The van der Waals surface area contributed by atoms with Crippen molar-refractivity contribution in [3.05, 3.63) is 16.7 Å². The summed E-state index contributed by atoms with van der Waals surface area (Å²) in [6, 6.07) is 0.864. The molecule has 2 unspecified atom stereocenters. The lowest BCUT2D eigenvalue weighted by molar-refractivity contribution is 0.190. The summed E-state index contributed by atoms with van der Waals surface area (Å²) < 4.78 is 5.09. The van der Waals surface area contributed by atoms with Gasteiger partial charge in [0.25, 0.3) is 5.56 Å². The first-order valence-electron chi connectivity index (χ1n) is 6.20. The predicted octanol–water partition coefficient (Wildman–Crippen LogP) is 0.673. The molecule has 0 saturated carbocycles. The number of hydrogen-bond acceptors (Lipinski definition) is 5. The highest BCUT2D eigenvalue weighted by Crippen LogP contribution is 2.22. The number of likely N-dealkylation sites (tertiary alicyclic amines) is 1. The Morgan fingerprint density at radius 1 is 1.61 bits per heavy atom. The van der Waals surface area contributed by atoms with E-state index >= 15 is 0 Å². The molecule has 0 bridgehead atoms. The van der Waals surface area contributed by atoms with Crippen molar-refractivity contribution >= 4 is 5.82 Å². The molecule has 2 atom stereocenters. The van der Waals surface area contributed by atoms with Crippen molar-refractivity contribution in [3.63, 3.8) is 0 Å². The second kappa shape index (κ2) is 5.39. The van der Waals surface area contributed by atoms with Crippen LogP contribution in [0.1, 0.15) is 19.8 Å². The topological polar surface area (TPSA) is 70.2 Å². The second-order valence-corrected chi connectivity index (χ2v) is 4.81. The van der Waals surface area contributed by atoms with E-state index in [4.69, 9.17) is 4.74 Å². The summed E-state index contributed by atoms with van der Waals surface area (Å²) in [5.41, 5.74) is -0.254. The maximum atomic E-state index is 11.6. The summed E-state index contributed by atoms with van der Waals surface area (Å²) >= 11 is 0. The SMILES string of the molecule is COc1c(NC2CCN(C)C(C)C2)nc[nH]c1=O. The number of aromatic amines is 1. The number of rotatable bonds is 3. The van der Waals surface area contributed by atoms with E-state index in [1.54, 1.807) is 0 Å². The van der Waals surface area contributed by atoms with E-state index < -0.39 is 0 Å². The number of anilines is 1. The zero-order chi connectivity index (χ0) is 13.1. The van der Waals surface area contributed by atoms with Gasteiger partial charge in [-0.05, 0) is 26.8 Å². The Morgan fingerprint density at radius 2 is 2.39 bits per heavy atom. The molecule has 1 aliphatic heterocycles. The summed E-state index contributed by atoms with van der Waals surface area (Å²) in [4.78, 5) is 20.5. The van der Waals surface area contributed by atoms with Gasteiger partial charge in [0, 0.05) is 18.6 Å². The van der Waals surface area contributed by atoms with Crippen LogP contribution in [0.4, 0.5) is 5.82 Å². The van der Waals surface area contributed by atoms with Gasteiger partial charge in [-0.2, -0.15) is 0 Å². The largest absolute Gasteiger partial charge is 0.489 e. The van der Waals surface area contributed by atoms with E-state index in [0.29, 0.717) is 17.9 Å². The minimum absolute atomic E-state index is 0.254. The van der Waals surface area contributed by atoms with Gasteiger partial charge in [-0.1, -0.05) is 0 Å². The number of nitrogens with one attached hydrogen (secondary N) is 2. The molecular formula is C12H20N4O2. The van der Waals surface area contributed by atoms with E-state index in [0.717, 1.165) is 19.4 Å². The highest BCUT2D eigenvalue weighted by atomic mass is 16.5. The molecule has 0 spiro atoms. The maximum Gasteiger partial charge on any atom is 0.295 e. The van der Waals surface area contributed by atoms with E-state index in [-0.39, 0.29) is 11.3 Å². The van der Waals surface area contributed by atoms with E-state index in [1.165, 1.54) is 13.4 Å². The van der Waals surface area contributed by atoms with Gasteiger partial charge in [0.15, 0.2) is 5.82 Å². The number of hydrogen-bond donors (Lipinski definition) is 2. The molecule has 1 aromatic heterocycles. The number of H-pyrrole nitrogens is 1. The van der Waals surface area contributed by atoms with Crippen LogP contribution in [0.3, 0.4) is 0 Å². The fourth-order valence-electron chi connectivity index (χ4n) is 2.29. The summed E-state index contributed by atoms with van der Waals surface area (Å²) in [7, 11) is 3.61. The Bertz CT molecular complexity index is 460. The van der Waals surface area contributed by atoms with Crippen LogP contribution in [0.2, 0.25) is 0 Å². The van der Waals surface area contributed by atoms with Crippen LogP contribution in [0.5, 0.6) is 5.75 Å². The highest BCUT2D eigenvalue weighted by molar-refractivity contribution is 5.48. The molecule has 0 radical (unpaired) electrons. The molecule has 6 heteroatoms. The summed E-state index contributed by atoms with van der Waals surface area (Å²) in [6.45, 7) is 3.25. The van der Waals surface area contributed by atoms with Crippen molar-refractivity contribution in [2.24, 2.45) is 0 Å². The van der Waals surface area contributed by atoms with Gasteiger partial charge in [-0.25, -0.2) is 4.98 Å². The number of ether oxygens (including phenoxy) is 1. The van der Waals surface area contributed by atoms with Gasteiger partial charge in [0.2, 0.25) is 5.75 Å². The molecule has 6 nitrogen and oxygen atoms in total. The average molecular weight is 252 g/mol. The van der Waals surface area contributed by atoms with Gasteiger partial charge in [-0.3, -0.25) is 4.79 Å². The first kappa shape index (κ1) is 12.9. The third-order valence-corrected chi connectivity index (χ3v) is 3.56. The van der Waals surface area contributed by atoms with Crippen LogP contribution >= 0.6 is 0 Å². The van der Waals surface area contributed by atoms with Crippen molar-refractivity contribution in [1.29, 1.82) is 0 Å². The molecule has 0 aliphatic carbocycles. The fourth-order valence-corrected chi connectivity index (χ4v) is 2.29. The van der Waals surface area contributed by atoms with Crippen LogP contribution < -0.4 is 15.6 Å². The molecule has 100 valence electrons. The Morgan fingerprint density at radius 3 is 3.06 bits per heavy atom. The smallest absolute Gasteiger partial charge is 0.295 e. The normalized spacial score (nSPS) is 24.8. The molecule has 2 heterocycles. The molecule has 1 fully saturated rings. The standard InChI is InChI=1S/C12H20N4O2/c1-8-6-9(4-5-16(8)2)15-11-10(18-3)12(17)14-7-13-11/h7-9H,4-6H2,1-3H3,(H2,13,14,15,17). The third-order valence-electron chi connectivity index (χ3n) is 3.56. The fraction of sp³-hybridized carbons (Fsp3) is 0.667. The lowest BCUT2D eigenvalue weighted by Crippen LogP contribution is -2.42. The van der Waals surface area contributed by atoms with Crippen LogP contribution in [0, 0.1) is 0 Å². The molecule has 0 amide bonds. The van der Waals surface area contributed by atoms with E-state index in [9.17, 15) is 4.79 Å². The van der Waals surface area contributed by atoms with Crippen LogP contribution in [-0.4, -0.2) is 47.7 Å². The summed E-state index contributed by atoms with van der Waals surface area (Å²) in [6.07, 6.45) is 3.47. The van der Waals surface area contributed by atoms with E-state index in [1.807, 2.05) is 0 Å². The van der Waals surface area contributed by atoms with Crippen molar-refractivity contribution < 1.29 is 4.74 Å². The monoisotopic (exact) mass is 252 g/mol. The Kier molecular flexibility index (Phi) is 3.86. The van der Waals surface area contributed by atoms with Crippen LogP contribution in [0.15, 0.2) is 11.1 Å². The average Bonchev–Trinajstić information content (AvgIpc) is 2.34. The number of piperidine rings is 1. The molecule has 0 aromatic carbocycles. The molecule has 1 aromatic rings. The zero-order valence-corrected chi connectivity index (χ0v) is 11.1. The van der Waals surface area contributed by atoms with Gasteiger partial charge in [0.1, 0.15) is 0 Å². The lowest BCUT2D eigenvalue weighted by atomic mass is 9.99. The van der Waals surface area contributed by atoms with Gasteiger partial charge >= 0.3 is 0 Å². The Hall–Kier alpha value is -1.56. The minimum Gasteiger partial charge on any atom is -0.489 e. The van der Waals surface area contributed by atoms with Crippen LogP contribution in [-0.2, 0) is 0 Å². The quantitative estimate of drug-likeness (QED) is 0.827. The maximum absolute atomic E-state index is 11.6. The number of methoxy groups -OCH3 is 1. The van der Waals surface area contributed by atoms with Crippen molar-refractivity contribution in [2.75, 3.05) is 26.0 Å². The van der Waals surface area contributed by atoms with Crippen molar-refractivity contribution in [2.45, 2.75) is 31.8 Å². The first-order chi connectivity index (χ1) is 8.61. The number of aromatic nitrogens is 2. The Labute approximate surface area is 106 Å². The van der Waals surface area contributed by atoms with Crippen LogP contribution in [0.25, 0.3) is 0 Å².